The number of benzene rings is 1. The van der Waals surface area contributed by atoms with Gasteiger partial charge in [-0.05, 0) is 51.0 Å². The van der Waals surface area contributed by atoms with Gasteiger partial charge in [0.05, 0.1) is 23.3 Å². The topological polar surface area (TPSA) is 101 Å². The smallest absolute Gasteiger partial charge is 0.306 e. The summed E-state index contributed by atoms with van der Waals surface area (Å²) in [6.45, 7) is 4.03. The molecule has 0 amide bonds. The lowest BCUT2D eigenvalue weighted by molar-refractivity contribution is -0.117. The molecule has 2 heterocycles. The molecule has 4 rings (SSSR count). The SMILES string of the molecule is CC1(C)CC(=O)C2=C(N1)c1[nH]c(-c3ccc(OS(C)(=O)=O)cc3)nc1CC2. The van der Waals surface area contributed by atoms with Crippen molar-refractivity contribution in [3.05, 3.63) is 41.2 Å². The zero-order valence-electron chi connectivity index (χ0n) is 15.4. The molecule has 0 fully saturated rings. The highest BCUT2D eigenvalue weighted by Crippen LogP contribution is 2.36. The Bertz CT molecular complexity index is 1060. The molecular formula is C19H21N3O4S. The molecule has 8 heteroatoms. The van der Waals surface area contributed by atoms with E-state index in [4.69, 9.17) is 4.18 Å². The maximum absolute atomic E-state index is 12.5. The molecule has 1 aliphatic carbocycles. The lowest BCUT2D eigenvalue weighted by Crippen LogP contribution is -2.45. The minimum absolute atomic E-state index is 0.192. The van der Waals surface area contributed by atoms with E-state index >= 15 is 0 Å². The molecular weight excluding hydrogens is 366 g/mol. The van der Waals surface area contributed by atoms with E-state index in [1.807, 2.05) is 13.8 Å². The number of H-pyrrole nitrogens is 1. The largest absolute Gasteiger partial charge is 0.383 e. The molecule has 7 nitrogen and oxygen atoms in total. The molecule has 0 atom stereocenters. The van der Waals surface area contributed by atoms with E-state index in [2.05, 4.69) is 15.3 Å². The van der Waals surface area contributed by atoms with Gasteiger partial charge in [-0.2, -0.15) is 8.42 Å². The fraction of sp³-hybridized carbons (Fsp3) is 0.368. The van der Waals surface area contributed by atoms with Gasteiger partial charge in [0.15, 0.2) is 5.78 Å². The molecule has 2 N–H and O–H groups in total. The average Bonchev–Trinajstić information content (AvgIpc) is 2.97. The molecule has 1 aromatic heterocycles. The van der Waals surface area contributed by atoms with E-state index in [-0.39, 0.29) is 17.1 Å². The summed E-state index contributed by atoms with van der Waals surface area (Å²) in [6.07, 6.45) is 2.90. The molecule has 0 unspecified atom stereocenters. The molecule has 142 valence electrons. The van der Waals surface area contributed by atoms with Crippen molar-refractivity contribution in [3.8, 4) is 17.1 Å². The van der Waals surface area contributed by atoms with E-state index in [0.717, 1.165) is 34.5 Å². The number of hydrogen-bond acceptors (Lipinski definition) is 6. The zero-order valence-corrected chi connectivity index (χ0v) is 16.2. The highest BCUT2D eigenvalue weighted by molar-refractivity contribution is 7.86. The Kier molecular flexibility index (Phi) is 3.92. The molecule has 2 aromatic rings. The van der Waals surface area contributed by atoms with Gasteiger partial charge in [0, 0.05) is 23.1 Å². The maximum Gasteiger partial charge on any atom is 0.306 e. The minimum atomic E-state index is -3.56. The van der Waals surface area contributed by atoms with Crippen LogP contribution in [0.15, 0.2) is 29.8 Å². The summed E-state index contributed by atoms with van der Waals surface area (Å²) in [6, 6.07) is 6.69. The molecule has 0 radical (unpaired) electrons. The van der Waals surface area contributed by atoms with Gasteiger partial charge in [0.2, 0.25) is 0 Å². The Hall–Kier alpha value is -2.61. The van der Waals surface area contributed by atoms with Crippen molar-refractivity contribution >= 4 is 21.6 Å². The fourth-order valence-corrected chi connectivity index (χ4v) is 4.06. The molecule has 1 aromatic carbocycles. The van der Waals surface area contributed by atoms with E-state index in [1.165, 1.54) is 0 Å². The van der Waals surface area contributed by atoms with Crippen molar-refractivity contribution < 1.29 is 17.4 Å². The van der Waals surface area contributed by atoms with Crippen LogP contribution < -0.4 is 9.50 Å². The van der Waals surface area contributed by atoms with E-state index in [9.17, 15) is 13.2 Å². The summed E-state index contributed by atoms with van der Waals surface area (Å²) >= 11 is 0. The summed E-state index contributed by atoms with van der Waals surface area (Å²) in [5.41, 5.74) is 4.01. The lowest BCUT2D eigenvalue weighted by Gasteiger charge is -2.36. The number of nitrogens with one attached hydrogen (secondary N) is 2. The van der Waals surface area contributed by atoms with Gasteiger partial charge in [-0.3, -0.25) is 4.79 Å². The summed E-state index contributed by atoms with van der Waals surface area (Å²) in [4.78, 5) is 20.5. The van der Waals surface area contributed by atoms with Crippen molar-refractivity contribution in [1.29, 1.82) is 0 Å². The predicted molar refractivity (Wildman–Crippen MR) is 102 cm³/mol. The third-order valence-corrected chi connectivity index (χ3v) is 5.22. The third kappa shape index (κ3) is 3.49. The van der Waals surface area contributed by atoms with Crippen LogP contribution >= 0.6 is 0 Å². The van der Waals surface area contributed by atoms with E-state index < -0.39 is 10.1 Å². The number of allylic oxidation sites excluding steroid dienone is 1. The predicted octanol–water partition coefficient (Wildman–Crippen LogP) is 2.41. The Morgan fingerprint density at radius 3 is 2.52 bits per heavy atom. The number of nitrogens with zero attached hydrogens (tertiary/aromatic N) is 1. The number of fused-ring (bicyclic) bond motifs is 2. The van der Waals surface area contributed by atoms with Crippen LogP contribution in [-0.4, -0.2) is 36.0 Å². The molecule has 1 aliphatic heterocycles. The third-order valence-electron chi connectivity index (χ3n) is 4.72. The number of imidazole rings is 1. The van der Waals surface area contributed by atoms with Crippen LogP contribution in [0, 0.1) is 0 Å². The number of aromatic amines is 1. The monoisotopic (exact) mass is 387 g/mol. The summed E-state index contributed by atoms with van der Waals surface area (Å²) in [5.74, 6) is 1.12. The van der Waals surface area contributed by atoms with Gasteiger partial charge in [-0.15, -0.1) is 0 Å². The highest BCUT2D eigenvalue weighted by Gasteiger charge is 2.36. The molecule has 2 aliphatic rings. The van der Waals surface area contributed by atoms with Gasteiger partial charge in [-0.25, -0.2) is 4.98 Å². The van der Waals surface area contributed by atoms with Gasteiger partial charge < -0.3 is 14.5 Å². The van der Waals surface area contributed by atoms with Gasteiger partial charge >= 0.3 is 10.1 Å². The number of aromatic nitrogens is 2. The van der Waals surface area contributed by atoms with Crippen LogP contribution in [0.5, 0.6) is 5.75 Å². The van der Waals surface area contributed by atoms with Crippen LogP contribution in [0.25, 0.3) is 17.1 Å². The van der Waals surface area contributed by atoms with Gasteiger partial charge in [-0.1, -0.05) is 0 Å². The van der Waals surface area contributed by atoms with Crippen LogP contribution in [0.4, 0.5) is 0 Å². The zero-order chi connectivity index (χ0) is 19.4. The minimum Gasteiger partial charge on any atom is -0.383 e. The molecule has 27 heavy (non-hydrogen) atoms. The second-order valence-electron chi connectivity index (χ2n) is 7.68. The van der Waals surface area contributed by atoms with Crippen LogP contribution in [-0.2, 0) is 21.3 Å². The number of aryl methyl sites for hydroxylation is 1. The first-order valence-electron chi connectivity index (χ1n) is 8.75. The Morgan fingerprint density at radius 1 is 1.15 bits per heavy atom. The summed E-state index contributed by atoms with van der Waals surface area (Å²) < 4.78 is 27.3. The Labute approximate surface area is 158 Å². The Morgan fingerprint density at radius 2 is 1.85 bits per heavy atom. The molecule has 0 saturated carbocycles. The standard InChI is InChI=1S/C19H21N3O4S/c1-19(2)10-15(23)13-8-9-14-17(16(13)22-19)21-18(20-14)11-4-6-12(7-5-11)26-27(3,24)25/h4-7,22H,8-10H2,1-3H3,(H,20,21). The summed E-state index contributed by atoms with van der Waals surface area (Å²) in [7, 11) is -3.56. The average molecular weight is 387 g/mol. The van der Waals surface area contributed by atoms with Crippen LogP contribution in [0.1, 0.15) is 38.1 Å². The van der Waals surface area contributed by atoms with Crippen molar-refractivity contribution in [1.82, 2.24) is 15.3 Å². The number of rotatable bonds is 3. The van der Waals surface area contributed by atoms with Crippen molar-refractivity contribution in [2.24, 2.45) is 0 Å². The quantitative estimate of drug-likeness (QED) is 0.785. The fourth-order valence-electron chi connectivity index (χ4n) is 3.60. The number of carbonyl (C=O) groups excluding carboxylic acids is 1. The van der Waals surface area contributed by atoms with E-state index in [0.29, 0.717) is 25.1 Å². The van der Waals surface area contributed by atoms with Crippen molar-refractivity contribution in [2.75, 3.05) is 6.26 Å². The first-order chi connectivity index (χ1) is 12.6. The maximum atomic E-state index is 12.5. The first kappa shape index (κ1) is 17.8. The number of hydrogen-bond donors (Lipinski definition) is 2. The van der Waals surface area contributed by atoms with Gasteiger partial charge in [0.25, 0.3) is 0 Å². The molecule has 0 saturated heterocycles. The summed E-state index contributed by atoms with van der Waals surface area (Å²) in [5, 5.41) is 3.48. The first-order valence-corrected chi connectivity index (χ1v) is 10.6. The van der Waals surface area contributed by atoms with Crippen molar-refractivity contribution in [2.45, 2.75) is 38.6 Å². The second kappa shape index (κ2) is 5.95. The second-order valence-corrected chi connectivity index (χ2v) is 9.26. The Balaban J connectivity index is 1.68. The lowest BCUT2D eigenvalue weighted by atomic mass is 9.83. The normalized spacial score (nSPS) is 18.6. The number of ketones is 1. The highest BCUT2D eigenvalue weighted by atomic mass is 32.2. The van der Waals surface area contributed by atoms with Crippen LogP contribution in [0.3, 0.4) is 0 Å². The van der Waals surface area contributed by atoms with Crippen LogP contribution in [0.2, 0.25) is 0 Å². The molecule has 0 bridgehead atoms. The van der Waals surface area contributed by atoms with Crippen molar-refractivity contribution in [3.63, 3.8) is 0 Å². The van der Waals surface area contributed by atoms with Gasteiger partial charge in [0.1, 0.15) is 11.6 Å². The molecule has 0 spiro atoms. The number of carbonyl (C=O) groups is 1. The number of Topliss-reactive ketones (excluding diaryl/α,β-unsaturated/α-hetero) is 1. The van der Waals surface area contributed by atoms with E-state index in [1.54, 1.807) is 24.3 Å².